The summed E-state index contributed by atoms with van der Waals surface area (Å²) in [6.45, 7) is 2.64. The quantitative estimate of drug-likeness (QED) is 0.857. The van der Waals surface area contributed by atoms with Gasteiger partial charge in [0.25, 0.3) is 0 Å². The largest absolute Gasteiger partial charge is 0.352 e. The maximum atomic E-state index is 11.3. The number of aromatic nitrogens is 4. The van der Waals surface area contributed by atoms with Crippen LogP contribution in [0.25, 0.3) is 11.2 Å². The van der Waals surface area contributed by atoms with Crippen LogP contribution < -0.4 is 5.32 Å². The van der Waals surface area contributed by atoms with Gasteiger partial charge in [-0.05, 0) is 13.3 Å². The number of carbonyl (C=O) groups is 1. The summed E-state index contributed by atoms with van der Waals surface area (Å²) in [5.41, 5.74) is 2.76. The number of rotatable bonds is 3. The molecular formula is C12H16ClN5O. The zero-order valence-electron chi connectivity index (χ0n) is 11.0. The van der Waals surface area contributed by atoms with Gasteiger partial charge in [0.2, 0.25) is 5.91 Å². The van der Waals surface area contributed by atoms with E-state index in [2.05, 4.69) is 20.0 Å². The van der Waals surface area contributed by atoms with E-state index in [4.69, 9.17) is 11.6 Å². The molecular weight excluding hydrogens is 266 g/mol. The van der Waals surface area contributed by atoms with Crippen LogP contribution in [-0.2, 0) is 24.3 Å². The Bertz CT molecular complexity index is 644. The highest BCUT2D eigenvalue weighted by atomic mass is 35.5. The molecule has 6 nitrogen and oxygen atoms in total. The van der Waals surface area contributed by atoms with Crippen molar-refractivity contribution in [1.82, 2.24) is 24.6 Å². The number of imidazole rings is 1. The van der Waals surface area contributed by atoms with E-state index in [1.165, 1.54) is 0 Å². The van der Waals surface area contributed by atoms with Crippen LogP contribution in [0.4, 0.5) is 0 Å². The molecule has 2 aromatic heterocycles. The molecule has 19 heavy (non-hydrogen) atoms. The molecule has 1 atom stereocenters. The maximum absolute atomic E-state index is 11.3. The molecule has 1 fully saturated rings. The monoisotopic (exact) mass is 281 g/mol. The molecule has 0 radical (unpaired) electrons. The van der Waals surface area contributed by atoms with Gasteiger partial charge in [0.1, 0.15) is 11.3 Å². The van der Waals surface area contributed by atoms with Crippen LogP contribution >= 0.6 is 11.6 Å². The van der Waals surface area contributed by atoms with Gasteiger partial charge in [-0.2, -0.15) is 5.10 Å². The number of nitrogens with zero attached hydrogens (tertiary/aromatic N) is 4. The lowest BCUT2D eigenvalue weighted by atomic mass is 10.2. The lowest BCUT2D eigenvalue weighted by molar-refractivity contribution is -0.119. The second-order valence-corrected chi connectivity index (χ2v) is 5.22. The van der Waals surface area contributed by atoms with E-state index in [-0.39, 0.29) is 11.9 Å². The van der Waals surface area contributed by atoms with Gasteiger partial charge in [-0.3, -0.25) is 9.48 Å². The molecule has 0 aliphatic carbocycles. The van der Waals surface area contributed by atoms with Crippen LogP contribution in [0.3, 0.4) is 0 Å². The number of aryl methyl sites for hydroxylation is 2. The van der Waals surface area contributed by atoms with E-state index in [1.54, 1.807) is 0 Å². The number of hydrogen-bond acceptors (Lipinski definition) is 3. The first-order valence-corrected chi connectivity index (χ1v) is 6.87. The Kier molecular flexibility index (Phi) is 2.97. The Balaban J connectivity index is 2.03. The average Bonchev–Trinajstić information content (AvgIpc) is 3.00. The Labute approximate surface area is 115 Å². The highest BCUT2D eigenvalue weighted by Crippen LogP contribution is 2.22. The third-order valence-corrected chi connectivity index (χ3v) is 3.82. The molecule has 0 saturated carbocycles. The first-order valence-electron chi connectivity index (χ1n) is 6.34. The molecule has 7 heteroatoms. The standard InChI is InChI=1S/C12H16ClN5O/c1-7-11-12(17(2)16-7)18(9(5-13)15-11)6-8-3-4-10(19)14-8/h8H,3-6H2,1-2H3,(H,14,19). The predicted octanol–water partition coefficient (Wildman–Crippen LogP) is 1.10. The molecule has 1 unspecified atom stereocenters. The van der Waals surface area contributed by atoms with Crippen molar-refractivity contribution in [2.45, 2.75) is 38.2 Å². The van der Waals surface area contributed by atoms with E-state index in [9.17, 15) is 4.79 Å². The number of nitrogens with one attached hydrogen (secondary N) is 1. The van der Waals surface area contributed by atoms with Crippen molar-refractivity contribution in [3.63, 3.8) is 0 Å². The molecule has 1 saturated heterocycles. The second-order valence-electron chi connectivity index (χ2n) is 4.96. The van der Waals surface area contributed by atoms with E-state index >= 15 is 0 Å². The highest BCUT2D eigenvalue weighted by molar-refractivity contribution is 6.16. The number of carbonyl (C=O) groups excluding carboxylic acids is 1. The Morgan fingerprint density at radius 2 is 2.32 bits per heavy atom. The minimum Gasteiger partial charge on any atom is -0.352 e. The fraction of sp³-hybridized carbons (Fsp3) is 0.583. The summed E-state index contributed by atoms with van der Waals surface area (Å²) in [5, 5.41) is 7.35. The first-order chi connectivity index (χ1) is 9.10. The summed E-state index contributed by atoms with van der Waals surface area (Å²) in [5.74, 6) is 1.30. The molecule has 2 aromatic rings. The Morgan fingerprint density at radius 1 is 1.53 bits per heavy atom. The summed E-state index contributed by atoms with van der Waals surface area (Å²) in [4.78, 5) is 15.8. The molecule has 102 valence electrons. The molecule has 0 spiro atoms. The van der Waals surface area contributed by atoms with E-state index in [0.29, 0.717) is 18.8 Å². The molecule has 1 N–H and O–H groups in total. The van der Waals surface area contributed by atoms with Crippen LogP contribution in [0.15, 0.2) is 0 Å². The SMILES string of the molecule is Cc1nn(C)c2c1nc(CCl)n2CC1CCC(=O)N1. The summed E-state index contributed by atoms with van der Waals surface area (Å²) in [6.07, 6.45) is 1.46. The number of halogens is 1. The van der Waals surface area contributed by atoms with Gasteiger partial charge in [-0.1, -0.05) is 0 Å². The fourth-order valence-corrected chi connectivity index (χ4v) is 2.91. The molecule has 1 aliphatic heterocycles. The van der Waals surface area contributed by atoms with Crippen molar-refractivity contribution in [2.75, 3.05) is 0 Å². The summed E-state index contributed by atoms with van der Waals surface area (Å²) < 4.78 is 3.89. The number of fused-ring (bicyclic) bond motifs is 1. The third kappa shape index (κ3) is 2.00. The van der Waals surface area contributed by atoms with Crippen LogP contribution in [0, 0.1) is 6.92 Å². The summed E-state index contributed by atoms with van der Waals surface area (Å²) in [6, 6.07) is 0.155. The van der Waals surface area contributed by atoms with Gasteiger partial charge in [-0.25, -0.2) is 4.98 Å². The lowest BCUT2D eigenvalue weighted by Gasteiger charge is -2.13. The summed E-state index contributed by atoms with van der Waals surface area (Å²) >= 11 is 5.98. The molecule has 3 rings (SSSR count). The molecule has 0 aromatic carbocycles. The van der Waals surface area contributed by atoms with Crippen molar-refractivity contribution in [2.24, 2.45) is 7.05 Å². The zero-order valence-corrected chi connectivity index (χ0v) is 11.7. The van der Waals surface area contributed by atoms with Gasteiger partial charge in [0.15, 0.2) is 5.65 Å². The minimum atomic E-state index is 0.120. The second kappa shape index (κ2) is 4.52. The lowest BCUT2D eigenvalue weighted by Crippen LogP contribution is -2.30. The van der Waals surface area contributed by atoms with Crippen molar-refractivity contribution in [1.29, 1.82) is 0 Å². The smallest absolute Gasteiger partial charge is 0.220 e. The number of hydrogen-bond donors (Lipinski definition) is 1. The third-order valence-electron chi connectivity index (χ3n) is 3.58. The first kappa shape index (κ1) is 12.5. The van der Waals surface area contributed by atoms with E-state index in [0.717, 1.165) is 29.1 Å². The van der Waals surface area contributed by atoms with Gasteiger partial charge in [0, 0.05) is 26.1 Å². The van der Waals surface area contributed by atoms with Crippen molar-refractivity contribution in [3.05, 3.63) is 11.5 Å². The Hall–Kier alpha value is -1.56. The van der Waals surface area contributed by atoms with Crippen LogP contribution in [0.1, 0.15) is 24.4 Å². The van der Waals surface area contributed by atoms with E-state index in [1.807, 2.05) is 18.7 Å². The van der Waals surface area contributed by atoms with Crippen LogP contribution in [0.5, 0.6) is 0 Å². The number of alkyl halides is 1. The number of amides is 1. The normalized spacial score (nSPS) is 19.3. The van der Waals surface area contributed by atoms with Gasteiger partial charge in [-0.15, -0.1) is 11.6 Å². The van der Waals surface area contributed by atoms with Crippen molar-refractivity contribution < 1.29 is 4.79 Å². The van der Waals surface area contributed by atoms with Crippen LogP contribution in [-0.4, -0.2) is 31.3 Å². The summed E-state index contributed by atoms with van der Waals surface area (Å²) in [7, 11) is 1.90. The molecule has 1 amide bonds. The maximum Gasteiger partial charge on any atom is 0.220 e. The van der Waals surface area contributed by atoms with Crippen molar-refractivity contribution >= 4 is 28.7 Å². The van der Waals surface area contributed by atoms with Gasteiger partial charge < -0.3 is 9.88 Å². The Morgan fingerprint density at radius 3 is 2.95 bits per heavy atom. The highest BCUT2D eigenvalue weighted by Gasteiger charge is 2.24. The average molecular weight is 282 g/mol. The minimum absolute atomic E-state index is 0.120. The molecule has 0 bridgehead atoms. The van der Waals surface area contributed by atoms with E-state index < -0.39 is 0 Å². The van der Waals surface area contributed by atoms with Gasteiger partial charge >= 0.3 is 0 Å². The van der Waals surface area contributed by atoms with Crippen LogP contribution in [0.2, 0.25) is 0 Å². The fourth-order valence-electron chi connectivity index (χ4n) is 2.71. The molecule has 1 aliphatic rings. The zero-order chi connectivity index (χ0) is 13.6. The van der Waals surface area contributed by atoms with Crippen molar-refractivity contribution in [3.8, 4) is 0 Å². The molecule has 3 heterocycles. The van der Waals surface area contributed by atoms with Gasteiger partial charge in [0.05, 0.1) is 11.6 Å². The topological polar surface area (TPSA) is 64.7 Å². The predicted molar refractivity (Wildman–Crippen MR) is 72.0 cm³/mol.